The van der Waals surface area contributed by atoms with Crippen LogP contribution in [0.2, 0.25) is 0 Å². The quantitative estimate of drug-likeness (QED) is 0.729. The number of carbonyl (C=O) groups is 2. The second-order valence-electron chi connectivity index (χ2n) is 6.75. The zero-order valence-electron chi connectivity index (χ0n) is 14.6. The van der Waals surface area contributed by atoms with Gasteiger partial charge in [-0.3, -0.25) is 14.5 Å². The minimum absolute atomic E-state index is 0.0397. The summed E-state index contributed by atoms with van der Waals surface area (Å²) in [4.78, 5) is 26.8. The standard InChI is InChI=1S/C19H27N3O3/c23-17(20-8-9-22-10-12-25-13-11-22)14-21-19(24)18(16-6-7-16)15-4-2-1-3-5-15/h1-5,16,18H,6-14H2,(H,20,23)(H,21,24). The Kier molecular flexibility index (Phi) is 6.42. The number of benzene rings is 1. The number of morpholine rings is 1. The number of hydrogen-bond acceptors (Lipinski definition) is 4. The monoisotopic (exact) mass is 345 g/mol. The lowest BCUT2D eigenvalue weighted by Crippen LogP contribution is -2.44. The fourth-order valence-corrected chi connectivity index (χ4v) is 3.25. The van der Waals surface area contributed by atoms with Crippen LogP contribution in [-0.4, -0.2) is 62.7 Å². The van der Waals surface area contributed by atoms with E-state index in [4.69, 9.17) is 4.74 Å². The molecule has 1 atom stereocenters. The Bertz CT molecular complexity index is 569. The summed E-state index contributed by atoms with van der Waals surface area (Å²) in [6.45, 7) is 4.78. The van der Waals surface area contributed by atoms with Gasteiger partial charge >= 0.3 is 0 Å². The van der Waals surface area contributed by atoms with Gasteiger partial charge in [0.05, 0.1) is 25.7 Å². The molecule has 2 amide bonds. The number of rotatable bonds is 8. The molecule has 0 spiro atoms. The van der Waals surface area contributed by atoms with Crippen molar-refractivity contribution < 1.29 is 14.3 Å². The number of nitrogens with one attached hydrogen (secondary N) is 2. The summed E-state index contributed by atoms with van der Waals surface area (Å²) >= 11 is 0. The summed E-state index contributed by atoms with van der Waals surface area (Å²) in [5.74, 6) is 0.0929. The van der Waals surface area contributed by atoms with Crippen LogP contribution < -0.4 is 10.6 Å². The van der Waals surface area contributed by atoms with Crippen molar-refractivity contribution in [3.63, 3.8) is 0 Å². The van der Waals surface area contributed by atoms with Gasteiger partial charge in [-0.1, -0.05) is 30.3 Å². The SMILES string of the molecule is O=C(CNC(=O)C(c1ccccc1)C1CC1)NCCN1CCOCC1. The van der Waals surface area contributed by atoms with E-state index < -0.39 is 0 Å². The number of hydrogen-bond donors (Lipinski definition) is 2. The van der Waals surface area contributed by atoms with E-state index in [1.807, 2.05) is 30.3 Å². The molecule has 1 saturated carbocycles. The van der Waals surface area contributed by atoms with Gasteiger partial charge in [0.25, 0.3) is 0 Å². The average molecular weight is 345 g/mol. The van der Waals surface area contributed by atoms with E-state index in [1.165, 1.54) is 0 Å². The van der Waals surface area contributed by atoms with Gasteiger partial charge in [-0.15, -0.1) is 0 Å². The molecule has 1 aliphatic carbocycles. The molecule has 1 heterocycles. The fraction of sp³-hybridized carbons (Fsp3) is 0.579. The summed E-state index contributed by atoms with van der Waals surface area (Å²) in [7, 11) is 0. The molecule has 25 heavy (non-hydrogen) atoms. The van der Waals surface area contributed by atoms with Gasteiger partial charge < -0.3 is 15.4 Å². The van der Waals surface area contributed by atoms with Crippen molar-refractivity contribution in [1.82, 2.24) is 15.5 Å². The molecule has 2 aliphatic rings. The predicted molar refractivity (Wildman–Crippen MR) is 95.2 cm³/mol. The molecule has 0 aromatic heterocycles. The number of amides is 2. The van der Waals surface area contributed by atoms with Gasteiger partial charge in [0, 0.05) is 26.2 Å². The van der Waals surface area contributed by atoms with Gasteiger partial charge in [0.2, 0.25) is 11.8 Å². The minimum Gasteiger partial charge on any atom is -0.379 e. The maximum atomic E-state index is 12.5. The Morgan fingerprint density at radius 2 is 1.84 bits per heavy atom. The van der Waals surface area contributed by atoms with Crippen molar-refractivity contribution in [2.45, 2.75) is 18.8 Å². The highest BCUT2D eigenvalue weighted by atomic mass is 16.5. The maximum absolute atomic E-state index is 12.5. The summed E-state index contributed by atoms with van der Waals surface area (Å²) in [5.41, 5.74) is 1.04. The third-order valence-corrected chi connectivity index (χ3v) is 4.81. The molecule has 136 valence electrons. The highest BCUT2D eigenvalue weighted by molar-refractivity contribution is 5.88. The summed E-state index contributed by atoms with van der Waals surface area (Å²) in [6, 6.07) is 9.84. The summed E-state index contributed by atoms with van der Waals surface area (Å²) in [6.07, 6.45) is 2.16. The first-order valence-corrected chi connectivity index (χ1v) is 9.13. The zero-order chi connectivity index (χ0) is 17.5. The molecule has 2 N–H and O–H groups in total. The molecule has 6 nitrogen and oxygen atoms in total. The van der Waals surface area contributed by atoms with E-state index >= 15 is 0 Å². The van der Waals surface area contributed by atoms with Crippen molar-refractivity contribution in [2.24, 2.45) is 5.92 Å². The van der Waals surface area contributed by atoms with Gasteiger partial charge in [-0.25, -0.2) is 0 Å². The van der Waals surface area contributed by atoms with E-state index in [2.05, 4.69) is 15.5 Å². The molecule has 0 radical (unpaired) electrons. The molecule has 3 rings (SSSR count). The average Bonchev–Trinajstić information content (AvgIpc) is 3.47. The molecule has 2 fully saturated rings. The lowest BCUT2D eigenvalue weighted by molar-refractivity contribution is -0.127. The molecular formula is C19H27N3O3. The normalized spacial score (nSPS) is 19.2. The van der Waals surface area contributed by atoms with Crippen molar-refractivity contribution >= 4 is 11.8 Å². The van der Waals surface area contributed by atoms with Crippen LogP contribution >= 0.6 is 0 Å². The Balaban J connectivity index is 1.39. The third-order valence-electron chi connectivity index (χ3n) is 4.81. The van der Waals surface area contributed by atoms with Gasteiger partial charge in [0.15, 0.2) is 0 Å². The van der Waals surface area contributed by atoms with Crippen LogP contribution in [0.4, 0.5) is 0 Å². The largest absolute Gasteiger partial charge is 0.379 e. The van der Waals surface area contributed by atoms with E-state index in [0.717, 1.165) is 51.3 Å². The van der Waals surface area contributed by atoms with Crippen LogP contribution in [-0.2, 0) is 14.3 Å². The fourth-order valence-electron chi connectivity index (χ4n) is 3.25. The second-order valence-corrected chi connectivity index (χ2v) is 6.75. The Labute approximate surface area is 148 Å². The van der Waals surface area contributed by atoms with E-state index in [-0.39, 0.29) is 24.3 Å². The molecule has 1 aliphatic heterocycles. The van der Waals surface area contributed by atoms with Crippen molar-refractivity contribution in [1.29, 1.82) is 0 Å². The van der Waals surface area contributed by atoms with Crippen LogP contribution in [0.1, 0.15) is 24.3 Å². The van der Waals surface area contributed by atoms with Gasteiger partial charge in [0.1, 0.15) is 0 Å². The lowest BCUT2D eigenvalue weighted by atomic mass is 9.93. The minimum atomic E-state index is -0.137. The number of ether oxygens (including phenoxy) is 1. The van der Waals surface area contributed by atoms with Crippen LogP contribution in [0.15, 0.2) is 30.3 Å². The Hall–Kier alpha value is -1.92. The Morgan fingerprint density at radius 1 is 1.12 bits per heavy atom. The van der Waals surface area contributed by atoms with Gasteiger partial charge in [-0.05, 0) is 24.3 Å². The van der Waals surface area contributed by atoms with Crippen molar-refractivity contribution in [2.75, 3.05) is 45.9 Å². The highest BCUT2D eigenvalue weighted by Gasteiger charge is 2.37. The molecule has 6 heteroatoms. The predicted octanol–water partition coefficient (Wildman–Crippen LogP) is 0.745. The first-order chi connectivity index (χ1) is 12.2. The maximum Gasteiger partial charge on any atom is 0.239 e. The molecular weight excluding hydrogens is 318 g/mol. The smallest absolute Gasteiger partial charge is 0.239 e. The summed E-state index contributed by atoms with van der Waals surface area (Å²) in [5, 5.41) is 5.68. The molecule has 1 aromatic rings. The first kappa shape index (κ1) is 17.9. The van der Waals surface area contributed by atoms with Crippen LogP contribution in [0.5, 0.6) is 0 Å². The van der Waals surface area contributed by atoms with Crippen molar-refractivity contribution in [3.05, 3.63) is 35.9 Å². The molecule has 0 bridgehead atoms. The lowest BCUT2D eigenvalue weighted by Gasteiger charge is -2.26. The molecule has 1 aromatic carbocycles. The van der Waals surface area contributed by atoms with E-state index in [9.17, 15) is 9.59 Å². The third kappa shape index (κ3) is 5.54. The van der Waals surface area contributed by atoms with E-state index in [0.29, 0.717) is 12.5 Å². The number of carbonyl (C=O) groups excluding carboxylic acids is 2. The zero-order valence-corrected chi connectivity index (χ0v) is 14.6. The van der Waals surface area contributed by atoms with E-state index in [1.54, 1.807) is 0 Å². The van der Waals surface area contributed by atoms with Crippen LogP contribution in [0, 0.1) is 5.92 Å². The highest BCUT2D eigenvalue weighted by Crippen LogP contribution is 2.42. The topological polar surface area (TPSA) is 70.7 Å². The number of nitrogens with zero attached hydrogens (tertiary/aromatic N) is 1. The Morgan fingerprint density at radius 3 is 2.52 bits per heavy atom. The molecule has 1 unspecified atom stereocenters. The van der Waals surface area contributed by atoms with Crippen LogP contribution in [0.25, 0.3) is 0 Å². The van der Waals surface area contributed by atoms with Crippen LogP contribution in [0.3, 0.4) is 0 Å². The molecule has 1 saturated heterocycles. The summed E-state index contributed by atoms with van der Waals surface area (Å²) < 4.78 is 5.30. The first-order valence-electron chi connectivity index (χ1n) is 9.13. The second kappa shape index (κ2) is 8.97. The van der Waals surface area contributed by atoms with Gasteiger partial charge in [-0.2, -0.15) is 0 Å². The van der Waals surface area contributed by atoms with Crippen molar-refractivity contribution in [3.8, 4) is 0 Å².